The van der Waals surface area contributed by atoms with E-state index in [1.54, 1.807) is 6.20 Å². The maximum absolute atomic E-state index is 12.1. The van der Waals surface area contributed by atoms with E-state index in [1.807, 2.05) is 38.8 Å². The summed E-state index contributed by atoms with van der Waals surface area (Å²) in [6.45, 7) is 3.40. The van der Waals surface area contributed by atoms with Crippen molar-refractivity contribution in [2.24, 2.45) is 7.05 Å². The van der Waals surface area contributed by atoms with Crippen molar-refractivity contribution in [3.05, 3.63) is 29.6 Å². The van der Waals surface area contributed by atoms with Crippen LogP contribution in [0.5, 0.6) is 0 Å². The maximum atomic E-state index is 12.1. The van der Waals surface area contributed by atoms with Gasteiger partial charge in [-0.15, -0.1) is 10.2 Å². The molecule has 0 aliphatic heterocycles. The zero-order chi connectivity index (χ0) is 18.0. The predicted octanol–water partition coefficient (Wildman–Crippen LogP) is 0.834. The van der Waals surface area contributed by atoms with Crippen LogP contribution in [0.1, 0.15) is 42.5 Å². The van der Waals surface area contributed by atoms with Crippen molar-refractivity contribution in [3.63, 3.8) is 0 Å². The van der Waals surface area contributed by atoms with Crippen LogP contribution in [0.4, 0.5) is 0 Å². The average Bonchev–Trinajstić information content (AvgIpc) is 3.07. The number of aryl methyl sites for hydroxylation is 2. The fourth-order valence-corrected chi connectivity index (χ4v) is 3.24. The molecule has 1 amide bonds. The molecular formula is C17H27N7O. The summed E-state index contributed by atoms with van der Waals surface area (Å²) in [5.74, 6) is 2.47. The number of nitrogens with zero attached hydrogens (tertiary/aromatic N) is 6. The molecule has 0 saturated heterocycles. The number of aromatic nitrogens is 5. The van der Waals surface area contributed by atoms with Crippen LogP contribution >= 0.6 is 0 Å². The maximum Gasteiger partial charge on any atom is 0.222 e. The molecule has 1 saturated carbocycles. The number of carbonyl (C=O) groups is 1. The largest absolute Gasteiger partial charge is 0.353 e. The van der Waals surface area contributed by atoms with Crippen LogP contribution in [-0.4, -0.2) is 55.5 Å². The molecule has 1 aliphatic rings. The summed E-state index contributed by atoms with van der Waals surface area (Å²) in [4.78, 5) is 14.2. The van der Waals surface area contributed by atoms with Gasteiger partial charge in [0, 0.05) is 43.9 Å². The summed E-state index contributed by atoms with van der Waals surface area (Å²) in [5, 5.41) is 15.9. The lowest BCUT2D eigenvalue weighted by atomic mass is 9.79. The van der Waals surface area contributed by atoms with E-state index in [0.29, 0.717) is 18.9 Å². The molecule has 1 aliphatic carbocycles. The summed E-state index contributed by atoms with van der Waals surface area (Å²) >= 11 is 0. The molecule has 2 aromatic rings. The van der Waals surface area contributed by atoms with Gasteiger partial charge in [0.15, 0.2) is 0 Å². The molecule has 2 heterocycles. The van der Waals surface area contributed by atoms with Crippen molar-refractivity contribution in [3.8, 4) is 0 Å². The van der Waals surface area contributed by atoms with Gasteiger partial charge in [0.05, 0.1) is 6.54 Å². The molecule has 3 rings (SSSR count). The fourth-order valence-electron chi connectivity index (χ4n) is 3.24. The van der Waals surface area contributed by atoms with Gasteiger partial charge >= 0.3 is 0 Å². The molecular weight excluding hydrogens is 318 g/mol. The first-order chi connectivity index (χ1) is 11.9. The molecule has 136 valence electrons. The van der Waals surface area contributed by atoms with Crippen LogP contribution in [-0.2, 0) is 24.9 Å². The molecule has 1 fully saturated rings. The van der Waals surface area contributed by atoms with E-state index in [-0.39, 0.29) is 11.9 Å². The minimum atomic E-state index is 0.0876. The van der Waals surface area contributed by atoms with E-state index in [1.165, 1.54) is 0 Å². The highest BCUT2D eigenvalue weighted by Gasteiger charge is 2.34. The van der Waals surface area contributed by atoms with E-state index >= 15 is 0 Å². The summed E-state index contributed by atoms with van der Waals surface area (Å²) in [7, 11) is 6.06. The summed E-state index contributed by atoms with van der Waals surface area (Å²) in [6, 6.07) is 2.19. The Morgan fingerprint density at radius 3 is 2.76 bits per heavy atom. The van der Waals surface area contributed by atoms with Gasteiger partial charge in [0.2, 0.25) is 5.91 Å². The van der Waals surface area contributed by atoms with E-state index < -0.39 is 0 Å². The third kappa shape index (κ3) is 4.07. The number of amides is 1. The van der Waals surface area contributed by atoms with Crippen LogP contribution in [0.2, 0.25) is 0 Å². The van der Waals surface area contributed by atoms with Gasteiger partial charge in [-0.25, -0.2) is 0 Å². The molecule has 0 aromatic carbocycles. The molecule has 8 heteroatoms. The normalized spacial score (nSPS) is 19.9. The molecule has 2 aromatic heterocycles. The van der Waals surface area contributed by atoms with Crippen molar-refractivity contribution >= 4 is 5.91 Å². The molecule has 8 nitrogen and oxygen atoms in total. The van der Waals surface area contributed by atoms with Crippen LogP contribution in [0, 0.1) is 6.92 Å². The Morgan fingerprint density at radius 2 is 2.12 bits per heavy atom. The summed E-state index contributed by atoms with van der Waals surface area (Å²) < 4.78 is 3.94. The quantitative estimate of drug-likeness (QED) is 0.804. The number of carbonyl (C=O) groups excluding carboxylic acids is 1. The number of nitrogens with one attached hydrogen (secondary N) is 1. The highest BCUT2D eigenvalue weighted by molar-refractivity contribution is 5.76. The lowest BCUT2D eigenvalue weighted by molar-refractivity contribution is -0.122. The Hall–Kier alpha value is -2.22. The van der Waals surface area contributed by atoms with Crippen molar-refractivity contribution in [2.75, 3.05) is 14.1 Å². The van der Waals surface area contributed by atoms with E-state index in [9.17, 15) is 4.79 Å². The summed E-state index contributed by atoms with van der Waals surface area (Å²) in [5.41, 5.74) is 1.08. The standard InChI is InChI=1S/C17H27N7O/c1-12-5-7-18-24(12)8-6-16(25)19-14-9-13(10-14)17-21-20-15(23(17)4)11-22(2)3/h5,7,13-14H,6,8-11H2,1-4H3,(H,19,25). The molecule has 0 atom stereocenters. The van der Waals surface area contributed by atoms with Gasteiger partial charge in [0.25, 0.3) is 0 Å². The topological polar surface area (TPSA) is 80.9 Å². The molecule has 1 N–H and O–H groups in total. The lowest BCUT2D eigenvalue weighted by Crippen LogP contribution is -2.44. The minimum Gasteiger partial charge on any atom is -0.353 e. The first-order valence-corrected chi connectivity index (χ1v) is 8.74. The van der Waals surface area contributed by atoms with Crippen molar-refractivity contribution in [2.45, 2.75) is 51.2 Å². The third-order valence-corrected chi connectivity index (χ3v) is 4.80. The second-order valence-corrected chi connectivity index (χ2v) is 7.15. The van der Waals surface area contributed by atoms with E-state index in [4.69, 9.17) is 0 Å². The zero-order valence-corrected chi connectivity index (χ0v) is 15.4. The fraction of sp³-hybridized carbons (Fsp3) is 0.647. The number of hydrogen-bond donors (Lipinski definition) is 1. The average molecular weight is 345 g/mol. The van der Waals surface area contributed by atoms with Crippen molar-refractivity contribution < 1.29 is 4.79 Å². The molecule has 0 bridgehead atoms. The van der Waals surface area contributed by atoms with Gasteiger partial charge in [-0.05, 0) is 39.9 Å². The Kier molecular flexibility index (Phi) is 5.17. The van der Waals surface area contributed by atoms with Crippen LogP contribution in [0.25, 0.3) is 0 Å². The number of hydrogen-bond acceptors (Lipinski definition) is 5. The van der Waals surface area contributed by atoms with Crippen LogP contribution in [0.3, 0.4) is 0 Å². The van der Waals surface area contributed by atoms with Gasteiger partial charge in [-0.3, -0.25) is 9.48 Å². The Labute approximate surface area is 148 Å². The second kappa shape index (κ2) is 7.35. The van der Waals surface area contributed by atoms with Gasteiger partial charge < -0.3 is 14.8 Å². The predicted molar refractivity (Wildman–Crippen MR) is 93.9 cm³/mol. The second-order valence-electron chi connectivity index (χ2n) is 7.15. The molecule has 0 radical (unpaired) electrons. The Morgan fingerprint density at radius 1 is 1.36 bits per heavy atom. The van der Waals surface area contributed by atoms with Crippen LogP contribution in [0.15, 0.2) is 12.3 Å². The van der Waals surface area contributed by atoms with Crippen molar-refractivity contribution in [1.82, 2.24) is 34.8 Å². The minimum absolute atomic E-state index is 0.0876. The zero-order valence-electron chi connectivity index (χ0n) is 15.4. The third-order valence-electron chi connectivity index (χ3n) is 4.80. The smallest absolute Gasteiger partial charge is 0.222 e. The van der Waals surface area contributed by atoms with Crippen molar-refractivity contribution in [1.29, 1.82) is 0 Å². The highest BCUT2D eigenvalue weighted by atomic mass is 16.1. The highest BCUT2D eigenvalue weighted by Crippen LogP contribution is 2.35. The van der Waals surface area contributed by atoms with Gasteiger partial charge in [0.1, 0.15) is 11.6 Å². The SMILES string of the molecule is Cc1ccnn1CCC(=O)NC1CC(c2nnc(CN(C)C)n2C)C1. The Balaban J connectivity index is 1.44. The van der Waals surface area contributed by atoms with Crippen LogP contribution < -0.4 is 5.32 Å². The number of rotatable bonds is 7. The molecule has 0 spiro atoms. The van der Waals surface area contributed by atoms with E-state index in [0.717, 1.165) is 36.7 Å². The monoisotopic (exact) mass is 345 g/mol. The summed E-state index contributed by atoms with van der Waals surface area (Å²) in [6.07, 6.45) is 4.08. The molecule has 0 unspecified atom stereocenters. The first-order valence-electron chi connectivity index (χ1n) is 8.74. The van der Waals surface area contributed by atoms with E-state index in [2.05, 4.69) is 30.1 Å². The lowest BCUT2D eigenvalue weighted by Gasteiger charge is -2.35. The Bertz CT molecular complexity index is 727. The molecule has 25 heavy (non-hydrogen) atoms. The first kappa shape index (κ1) is 17.6. The van der Waals surface area contributed by atoms with Gasteiger partial charge in [-0.1, -0.05) is 0 Å². The van der Waals surface area contributed by atoms with Gasteiger partial charge in [-0.2, -0.15) is 5.10 Å².